The summed E-state index contributed by atoms with van der Waals surface area (Å²) in [5, 5.41) is 0. The number of fused-ring (bicyclic) bond motifs is 5. The van der Waals surface area contributed by atoms with Crippen LogP contribution in [0.3, 0.4) is 0 Å². The summed E-state index contributed by atoms with van der Waals surface area (Å²) in [5.41, 5.74) is -0.444. The van der Waals surface area contributed by atoms with E-state index in [1.165, 1.54) is 0 Å². The van der Waals surface area contributed by atoms with Gasteiger partial charge in [0.05, 0.1) is 25.9 Å². The minimum atomic E-state index is -6.56. The Kier molecular flexibility index (Phi) is 28.2. The van der Waals surface area contributed by atoms with Gasteiger partial charge in [-0.25, -0.2) is 51.6 Å². The first-order chi connectivity index (χ1) is 46.2. The summed E-state index contributed by atoms with van der Waals surface area (Å²) in [5.74, 6) is 2.41. The topological polar surface area (TPSA) is 701 Å². The highest BCUT2D eigenvalue weighted by atomic mass is 32.3. The monoisotopic (exact) mass is 1690 g/mol. The zero-order valence-electron chi connectivity index (χ0n) is 53.5. The van der Waals surface area contributed by atoms with Crippen LogP contribution in [0, 0.1) is 52.3 Å². The van der Waals surface area contributed by atoms with E-state index in [9.17, 15) is 130 Å². The van der Waals surface area contributed by atoms with Crippen LogP contribution in [-0.4, -0.2) is 248 Å². The molecule has 7 rings (SSSR count). The van der Waals surface area contributed by atoms with Gasteiger partial charge in [0.15, 0.2) is 30.9 Å². The minimum Gasteiger partial charge on any atom is -0.341 e. The van der Waals surface area contributed by atoms with E-state index in [0.717, 1.165) is 57.8 Å². The average Bonchev–Trinajstić information content (AvgIpc) is 1.43. The van der Waals surface area contributed by atoms with Crippen molar-refractivity contribution in [1.82, 2.24) is 0 Å². The van der Waals surface area contributed by atoms with Crippen LogP contribution < -0.4 is 0 Å². The maximum absolute atomic E-state index is 12.9. The Labute approximate surface area is 587 Å². The summed E-state index contributed by atoms with van der Waals surface area (Å²) in [6.07, 6.45) is -41.0. The molecule has 7 aliphatic rings. The molecule has 4 saturated carbocycles. The van der Waals surface area contributed by atoms with Crippen molar-refractivity contribution < 1.29 is 205 Å². The Morgan fingerprint density at radius 2 is 0.725 bits per heavy atom. The summed E-state index contributed by atoms with van der Waals surface area (Å²) in [6.45, 7) is 5.02. The van der Waals surface area contributed by atoms with E-state index in [0.29, 0.717) is 30.1 Å². The van der Waals surface area contributed by atoms with Crippen molar-refractivity contribution in [3.05, 3.63) is 0 Å². The van der Waals surface area contributed by atoms with Crippen molar-refractivity contribution in [1.29, 1.82) is 0 Å². The van der Waals surface area contributed by atoms with Gasteiger partial charge in [-0.3, -0.25) is 45.5 Å². The molecule has 102 heavy (non-hydrogen) atoms. The van der Waals surface area contributed by atoms with Gasteiger partial charge in [0.2, 0.25) is 6.29 Å². The van der Waals surface area contributed by atoms with Gasteiger partial charge in [0, 0.05) is 0 Å². The van der Waals surface area contributed by atoms with Crippen molar-refractivity contribution >= 4 is 104 Å². The van der Waals surface area contributed by atoms with Crippen molar-refractivity contribution in [2.45, 2.75) is 210 Å². The van der Waals surface area contributed by atoms with E-state index in [2.05, 4.69) is 68.1 Å². The van der Waals surface area contributed by atoms with Crippen molar-refractivity contribution in [3.63, 3.8) is 0 Å². The lowest BCUT2D eigenvalue weighted by atomic mass is 9.44. The van der Waals surface area contributed by atoms with Gasteiger partial charge >= 0.3 is 104 Å². The molecule has 0 radical (unpaired) electrons. The number of hydrogen-bond acceptors (Lipinski definition) is 37. The first-order valence-electron chi connectivity index (χ1n) is 30.2. The second-order valence-corrected chi connectivity index (χ2v) is 36.8. The van der Waals surface area contributed by atoms with Gasteiger partial charge in [0.1, 0.15) is 54.9 Å². The molecule has 3 saturated heterocycles. The molecule has 47 nitrogen and oxygen atoms in total. The van der Waals surface area contributed by atoms with Crippen LogP contribution in [0.2, 0.25) is 0 Å². The summed E-state index contributed by atoms with van der Waals surface area (Å²) < 4.78 is 419. The molecule has 3 aliphatic heterocycles. The van der Waals surface area contributed by atoms with E-state index in [1.54, 1.807) is 0 Å². The lowest BCUT2D eigenvalue weighted by molar-refractivity contribution is -0.446. The zero-order chi connectivity index (χ0) is 76.9. The fraction of sp³-hybridized carbons (Fsp3) is 1.00. The molecule has 0 amide bonds. The van der Waals surface area contributed by atoms with Gasteiger partial charge in [-0.05, 0) is 110 Å². The summed E-state index contributed by atoms with van der Waals surface area (Å²) >= 11 is 0. The third-order valence-electron chi connectivity index (χ3n) is 19.2. The van der Waals surface area contributed by atoms with Gasteiger partial charge in [-0.1, -0.05) is 53.9 Å². The minimum absolute atomic E-state index is 0.0475. The molecular weight excluding hydrogens is 1610 g/mol. The second kappa shape index (κ2) is 32.8. The molecule has 0 aromatic rings. The third kappa shape index (κ3) is 25.2. The highest BCUT2D eigenvalue weighted by Gasteiger charge is 2.64. The molecule has 4 aliphatic carbocycles. The van der Waals surface area contributed by atoms with Gasteiger partial charge in [-0.15, -0.1) is 0 Å². The molecular formula is C45H78O47S10. The summed E-state index contributed by atoms with van der Waals surface area (Å²) in [6, 6.07) is 0. The van der Waals surface area contributed by atoms with Crippen molar-refractivity contribution in [2.75, 3.05) is 19.8 Å². The molecule has 3 heterocycles. The predicted molar refractivity (Wildman–Crippen MR) is 322 cm³/mol. The van der Waals surface area contributed by atoms with Gasteiger partial charge in [0.25, 0.3) is 0 Å². The van der Waals surface area contributed by atoms with E-state index < -0.39 is 227 Å². The zero-order valence-corrected chi connectivity index (χ0v) is 61.7. The van der Waals surface area contributed by atoms with Crippen LogP contribution in [0.4, 0.5) is 0 Å². The van der Waals surface area contributed by atoms with Gasteiger partial charge in [-0.2, -0.15) is 84.2 Å². The SMILES string of the molecule is CC(C)CCC[C@@H](C)[C@H]1CC[C@H]2[C@@H]3CC[C@H]4CC[C@@H](OO[C@H]5O[C@H](COS(=O)(=O)O)[C@@H](O[C@H]6O[C@@H](COS(=O)(=O)O)[C@@H](O[C@H]7O[C@@H](COS(=O)(=O)O)[C@@H](OS(=O)(=O)O)[C@H](OS(=O)(=O)O)[C@@H]7OS(=O)(=O)O)[C@H](OS(=O)(=O)O)[C@@H]6OS(=O)(=O)O)[C@H](OS(=O)(=O)O)[C@@H]5OS(=O)(=O)O)C[C@]4(C)[C@H]3CC[C@]12C. The molecule has 24 atom stereocenters. The Morgan fingerprint density at radius 3 is 1.13 bits per heavy atom. The molecule has 0 aromatic heterocycles. The van der Waals surface area contributed by atoms with Crippen molar-refractivity contribution in [2.24, 2.45) is 52.3 Å². The molecule has 0 unspecified atom stereocenters. The number of rotatable bonds is 35. The van der Waals surface area contributed by atoms with Gasteiger partial charge < -0.3 is 23.7 Å². The van der Waals surface area contributed by atoms with E-state index in [1.807, 2.05) is 0 Å². The van der Waals surface area contributed by atoms with Crippen molar-refractivity contribution in [3.8, 4) is 0 Å². The lowest BCUT2D eigenvalue weighted by Crippen LogP contribution is -2.69. The standard InChI is InChI=1S/C45H78O47S10/c1-21(2)7-6-8-22(3)26-13-14-27-25-12-10-23-9-11-24(17-45(23,5)28(25)15-16-44(26,27)4)84-85-43-40(92-102(73,74)75)36(88-98(61,62)63)33(30(81-43)19-77-94(49,50)51)83-41-38(90-100(67,68)69)35(87-97(58,59)60)32(29(79-41)18-76-93(46,47)48)82-42-39(91-101(70,71)72)37(89-99(64,65)66)34(86-96(55,56)57)31(80-42)20-78-95(52,53)54/h21-43H,6-20H2,1-5H3,(H,46,47,48)(H,49,50,51)(H,52,53,54)(H,55,56,57)(H,58,59,60)(H,61,62,63)(H,64,65,66)(H,67,68,69)(H,70,71,72)(H,73,74,75)/t22-,23-,24-,25+,26-,27+,28+,29+,30-,31+,32-,33-,34-,35+,36+,37+,38+,39+,40+,41-,42-,43-,44-,45+/m1/s1. The van der Waals surface area contributed by atoms with Crippen LogP contribution in [-0.2, 0) is 179 Å². The fourth-order valence-corrected chi connectivity index (χ4v) is 20.1. The smallest absolute Gasteiger partial charge is 0.341 e. The van der Waals surface area contributed by atoms with E-state index in [4.69, 9.17) is 41.8 Å². The molecule has 0 spiro atoms. The summed E-state index contributed by atoms with van der Waals surface area (Å²) in [4.78, 5) is 11.5. The number of ether oxygens (including phenoxy) is 5. The first kappa shape index (κ1) is 87.6. The molecule has 57 heteroatoms. The Bertz CT molecular complexity index is 4110. The van der Waals surface area contributed by atoms with E-state index in [-0.39, 0.29) is 36.0 Å². The predicted octanol–water partition coefficient (Wildman–Crippen LogP) is -0.856. The van der Waals surface area contributed by atoms with Crippen LogP contribution in [0.15, 0.2) is 0 Å². The Morgan fingerprint density at radius 1 is 0.373 bits per heavy atom. The van der Waals surface area contributed by atoms with Crippen LogP contribution in [0.25, 0.3) is 0 Å². The Hall–Kier alpha value is -1.58. The third-order valence-corrected chi connectivity index (χ3v) is 23.7. The Balaban J connectivity index is 1.31. The van der Waals surface area contributed by atoms with Crippen LogP contribution >= 0.6 is 0 Å². The number of hydrogen-bond donors (Lipinski definition) is 10. The average molecular weight is 1690 g/mol. The molecule has 7 fully saturated rings. The molecule has 10 N–H and O–H groups in total. The molecule has 600 valence electrons. The largest absolute Gasteiger partial charge is 0.397 e. The quantitative estimate of drug-likeness (QED) is 0.0210. The second-order valence-electron chi connectivity index (χ2n) is 26.2. The van der Waals surface area contributed by atoms with Crippen LogP contribution in [0.1, 0.15) is 112 Å². The lowest BCUT2D eigenvalue weighted by Gasteiger charge is -2.61. The maximum atomic E-state index is 12.9. The maximum Gasteiger partial charge on any atom is 0.397 e. The van der Waals surface area contributed by atoms with E-state index >= 15 is 0 Å². The highest BCUT2D eigenvalue weighted by Crippen LogP contribution is 2.68. The highest BCUT2D eigenvalue weighted by molar-refractivity contribution is 7.83. The molecule has 0 aromatic carbocycles. The fourth-order valence-electron chi connectivity index (χ4n) is 15.7. The summed E-state index contributed by atoms with van der Waals surface area (Å²) in [7, 11) is -62.4. The normalized spacial score (nSPS) is 37.5. The first-order valence-corrected chi connectivity index (χ1v) is 43.9. The molecule has 0 bridgehead atoms. The van der Waals surface area contributed by atoms with Crippen LogP contribution in [0.5, 0.6) is 0 Å².